The summed E-state index contributed by atoms with van der Waals surface area (Å²) >= 11 is 0. The summed E-state index contributed by atoms with van der Waals surface area (Å²) in [5, 5.41) is 0. The lowest BCUT2D eigenvalue weighted by Crippen LogP contribution is -1.95. The molecule has 1 heteroatoms. The molecule has 1 aliphatic carbocycles. The Kier molecular flexibility index (Phi) is 4.33. The zero-order valence-electron chi connectivity index (χ0n) is 13.8. The van der Waals surface area contributed by atoms with Gasteiger partial charge in [0, 0.05) is 0 Å². The summed E-state index contributed by atoms with van der Waals surface area (Å²) in [5.41, 5.74) is 4.10. The summed E-state index contributed by atoms with van der Waals surface area (Å²) in [6.07, 6.45) is 2.50. The summed E-state index contributed by atoms with van der Waals surface area (Å²) in [5.74, 6) is 2.46. The van der Waals surface area contributed by atoms with E-state index in [9.17, 15) is 0 Å². The van der Waals surface area contributed by atoms with Crippen LogP contribution in [0.5, 0.6) is 5.75 Å². The van der Waals surface area contributed by atoms with E-state index in [1.807, 2.05) is 18.2 Å². The fourth-order valence-corrected chi connectivity index (χ4v) is 3.35. The van der Waals surface area contributed by atoms with Gasteiger partial charge in [0.05, 0.1) is 0 Å². The molecular formula is C23H22O. The van der Waals surface area contributed by atoms with Crippen LogP contribution >= 0.6 is 0 Å². The molecule has 1 fully saturated rings. The Labute approximate surface area is 143 Å². The first kappa shape index (κ1) is 15.0. The molecular weight excluding hydrogens is 292 g/mol. The average molecular weight is 314 g/mol. The zero-order chi connectivity index (χ0) is 16.2. The fraction of sp³-hybridized carbons (Fsp3) is 0.217. The molecule has 24 heavy (non-hydrogen) atoms. The Morgan fingerprint density at radius 1 is 0.708 bits per heavy atom. The number of hydrogen-bond acceptors (Lipinski definition) is 1. The molecule has 0 radical (unpaired) electrons. The number of benzene rings is 3. The van der Waals surface area contributed by atoms with Crippen LogP contribution < -0.4 is 4.74 Å². The van der Waals surface area contributed by atoms with E-state index in [1.54, 1.807) is 0 Å². The Morgan fingerprint density at radius 2 is 1.33 bits per heavy atom. The highest BCUT2D eigenvalue weighted by atomic mass is 16.5. The van der Waals surface area contributed by atoms with Gasteiger partial charge in [0.2, 0.25) is 0 Å². The quantitative estimate of drug-likeness (QED) is 0.574. The van der Waals surface area contributed by atoms with Gasteiger partial charge < -0.3 is 4.74 Å². The largest absolute Gasteiger partial charge is 0.489 e. The van der Waals surface area contributed by atoms with Crippen LogP contribution in [-0.4, -0.2) is 0 Å². The molecule has 2 unspecified atom stereocenters. The van der Waals surface area contributed by atoms with E-state index in [0.717, 1.165) is 11.7 Å². The molecule has 0 saturated heterocycles. The monoisotopic (exact) mass is 314 g/mol. The van der Waals surface area contributed by atoms with Crippen LogP contribution in [0.1, 0.15) is 29.0 Å². The second kappa shape index (κ2) is 6.92. The van der Waals surface area contributed by atoms with Crippen LogP contribution in [0, 0.1) is 5.92 Å². The highest BCUT2D eigenvalue weighted by Gasteiger charge is 2.37. The molecule has 0 spiro atoms. The Bertz CT molecular complexity index is 762. The third kappa shape index (κ3) is 3.68. The maximum atomic E-state index is 5.87. The first-order chi connectivity index (χ1) is 11.9. The second-order valence-corrected chi connectivity index (χ2v) is 6.64. The SMILES string of the molecule is c1ccc(COc2ccc(C3CC3Cc3ccccc3)cc2)cc1. The van der Waals surface area contributed by atoms with Crippen molar-refractivity contribution >= 4 is 0 Å². The summed E-state index contributed by atoms with van der Waals surface area (Å²) in [4.78, 5) is 0. The van der Waals surface area contributed by atoms with Gasteiger partial charge in [-0.05, 0) is 53.5 Å². The highest BCUT2D eigenvalue weighted by molar-refractivity contribution is 5.33. The summed E-state index contributed by atoms with van der Waals surface area (Å²) in [6.45, 7) is 0.625. The van der Waals surface area contributed by atoms with Crippen molar-refractivity contribution < 1.29 is 4.74 Å². The van der Waals surface area contributed by atoms with Crippen LogP contribution in [-0.2, 0) is 13.0 Å². The number of ether oxygens (including phenoxy) is 1. The molecule has 0 amide bonds. The van der Waals surface area contributed by atoms with Crippen molar-refractivity contribution in [1.82, 2.24) is 0 Å². The standard InChI is InChI=1S/C23H22O/c1-3-7-18(8-4-1)15-21-16-23(21)20-11-13-22(14-12-20)24-17-19-9-5-2-6-10-19/h1-14,21,23H,15-17H2. The lowest BCUT2D eigenvalue weighted by atomic mass is 10.0. The summed E-state index contributed by atoms with van der Waals surface area (Å²) < 4.78 is 5.87. The molecule has 1 saturated carbocycles. The van der Waals surface area contributed by atoms with Gasteiger partial charge in [-0.25, -0.2) is 0 Å². The molecule has 0 heterocycles. The van der Waals surface area contributed by atoms with E-state index in [4.69, 9.17) is 4.74 Å². The van der Waals surface area contributed by atoms with Gasteiger partial charge in [0.1, 0.15) is 12.4 Å². The Balaban J connectivity index is 1.32. The zero-order valence-corrected chi connectivity index (χ0v) is 13.8. The fourth-order valence-electron chi connectivity index (χ4n) is 3.35. The van der Waals surface area contributed by atoms with E-state index >= 15 is 0 Å². The summed E-state index contributed by atoms with van der Waals surface area (Å²) in [7, 11) is 0. The van der Waals surface area contributed by atoms with Crippen LogP contribution in [0.25, 0.3) is 0 Å². The predicted octanol–water partition coefficient (Wildman–Crippen LogP) is 5.61. The van der Waals surface area contributed by atoms with Crippen molar-refractivity contribution in [2.75, 3.05) is 0 Å². The first-order valence-electron chi connectivity index (χ1n) is 8.69. The van der Waals surface area contributed by atoms with E-state index in [0.29, 0.717) is 12.5 Å². The first-order valence-corrected chi connectivity index (χ1v) is 8.69. The lowest BCUT2D eigenvalue weighted by Gasteiger charge is -2.07. The molecule has 0 aromatic heterocycles. The van der Waals surface area contributed by atoms with Crippen molar-refractivity contribution in [3.05, 3.63) is 102 Å². The molecule has 4 rings (SSSR count). The topological polar surface area (TPSA) is 9.23 Å². The second-order valence-electron chi connectivity index (χ2n) is 6.64. The Hall–Kier alpha value is -2.54. The van der Waals surface area contributed by atoms with Gasteiger partial charge >= 0.3 is 0 Å². The van der Waals surface area contributed by atoms with E-state index in [2.05, 4.69) is 66.7 Å². The lowest BCUT2D eigenvalue weighted by molar-refractivity contribution is 0.306. The van der Waals surface area contributed by atoms with Gasteiger partial charge in [-0.2, -0.15) is 0 Å². The van der Waals surface area contributed by atoms with Crippen LogP contribution in [0.15, 0.2) is 84.9 Å². The molecule has 1 nitrogen and oxygen atoms in total. The van der Waals surface area contributed by atoms with Crippen LogP contribution in [0.2, 0.25) is 0 Å². The van der Waals surface area contributed by atoms with Crippen molar-refractivity contribution in [2.45, 2.75) is 25.4 Å². The van der Waals surface area contributed by atoms with Gasteiger partial charge in [0.25, 0.3) is 0 Å². The van der Waals surface area contributed by atoms with E-state index in [-0.39, 0.29) is 0 Å². The van der Waals surface area contributed by atoms with Crippen molar-refractivity contribution in [3.8, 4) is 5.75 Å². The van der Waals surface area contributed by atoms with Gasteiger partial charge in [0.15, 0.2) is 0 Å². The van der Waals surface area contributed by atoms with Gasteiger partial charge in [-0.1, -0.05) is 72.8 Å². The van der Waals surface area contributed by atoms with Crippen molar-refractivity contribution in [3.63, 3.8) is 0 Å². The molecule has 3 aromatic carbocycles. The predicted molar refractivity (Wildman–Crippen MR) is 98.2 cm³/mol. The van der Waals surface area contributed by atoms with E-state index in [1.165, 1.54) is 29.5 Å². The third-order valence-corrected chi connectivity index (χ3v) is 4.82. The molecule has 2 atom stereocenters. The molecule has 120 valence electrons. The average Bonchev–Trinajstić information content (AvgIpc) is 3.41. The minimum atomic E-state index is 0.625. The van der Waals surface area contributed by atoms with Gasteiger partial charge in [-0.15, -0.1) is 0 Å². The molecule has 0 N–H and O–H groups in total. The highest BCUT2D eigenvalue weighted by Crippen LogP contribution is 2.49. The van der Waals surface area contributed by atoms with Crippen molar-refractivity contribution in [1.29, 1.82) is 0 Å². The molecule has 3 aromatic rings. The van der Waals surface area contributed by atoms with E-state index < -0.39 is 0 Å². The smallest absolute Gasteiger partial charge is 0.119 e. The number of hydrogen-bond donors (Lipinski definition) is 0. The molecule has 0 aliphatic heterocycles. The number of rotatable bonds is 6. The van der Waals surface area contributed by atoms with Crippen LogP contribution in [0.4, 0.5) is 0 Å². The normalized spacial score (nSPS) is 19.0. The minimum Gasteiger partial charge on any atom is -0.489 e. The maximum Gasteiger partial charge on any atom is 0.119 e. The van der Waals surface area contributed by atoms with Crippen molar-refractivity contribution in [2.24, 2.45) is 5.92 Å². The Morgan fingerprint density at radius 3 is 2.00 bits per heavy atom. The maximum absolute atomic E-state index is 5.87. The third-order valence-electron chi connectivity index (χ3n) is 4.82. The molecule has 0 bridgehead atoms. The summed E-state index contributed by atoms with van der Waals surface area (Å²) in [6, 6.07) is 29.8. The minimum absolute atomic E-state index is 0.625. The van der Waals surface area contributed by atoms with Crippen LogP contribution in [0.3, 0.4) is 0 Å². The van der Waals surface area contributed by atoms with Gasteiger partial charge in [-0.3, -0.25) is 0 Å². The molecule has 1 aliphatic rings.